The summed E-state index contributed by atoms with van der Waals surface area (Å²) in [5.74, 6) is -1.25. The van der Waals surface area contributed by atoms with Gasteiger partial charge in [0.05, 0.1) is 12.7 Å². The largest absolute Gasteiger partial charge is 0.496 e. The van der Waals surface area contributed by atoms with Crippen LogP contribution in [0.1, 0.15) is 11.1 Å². The zero-order valence-electron chi connectivity index (χ0n) is 9.49. The van der Waals surface area contributed by atoms with Crippen molar-refractivity contribution in [2.45, 2.75) is 18.6 Å². The van der Waals surface area contributed by atoms with Gasteiger partial charge >= 0.3 is 12.1 Å². The molecule has 1 atom stereocenters. The highest BCUT2D eigenvalue weighted by atomic mass is 19.4. The molecule has 7 heteroatoms. The zero-order chi connectivity index (χ0) is 13.9. The standard InChI is InChI=1S/C11H12F3NO3/c1-18-9-5-7(11(12,13)14)3-2-6(9)4-8(15)10(16)17/h2-3,5,8H,4,15H2,1H3,(H,16,17). The van der Waals surface area contributed by atoms with E-state index in [-0.39, 0.29) is 12.2 Å². The van der Waals surface area contributed by atoms with E-state index in [0.717, 1.165) is 12.1 Å². The number of aliphatic carboxylic acids is 1. The first kappa shape index (κ1) is 14.3. The molecule has 0 amide bonds. The molecular formula is C11H12F3NO3. The Kier molecular flexibility index (Phi) is 4.18. The SMILES string of the molecule is COc1cc(C(F)(F)F)ccc1CC(N)C(=O)O. The van der Waals surface area contributed by atoms with Gasteiger partial charge < -0.3 is 15.6 Å². The lowest BCUT2D eigenvalue weighted by atomic mass is 10.0. The highest BCUT2D eigenvalue weighted by Crippen LogP contribution is 2.33. The van der Waals surface area contributed by atoms with Crippen molar-refractivity contribution in [3.05, 3.63) is 29.3 Å². The molecule has 0 saturated carbocycles. The van der Waals surface area contributed by atoms with Crippen LogP contribution in [0.15, 0.2) is 18.2 Å². The number of alkyl halides is 3. The van der Waals surface area contributed by atoms with Gasteiger partial charge in [-0.15, -0.1) is 0 Å². The van der Waals surface area contributed by atoms with Crippen molar-refractivity contribution in [1.29, 1.82) is 0 Å². The van der Waals surface area contributed by atoms with E-state index in [2.05, 4.69) is 0 Å². The third-order valence-electron chi connectivity index (χ3n) is 2.37. The summed E-state index contributed by atoms with van der Waals surface area (Å²) in [5.41, 5.74) is 4.78. The van der Waals surface area contributed by atoms with Gasteiger partial charge in [-0.2, -0.15) is 13.2 Å². The minimum absolute atomic E-state index is 0.0264. The summed E-state index contributed by atoms with van der Waals surface area (Å²) in [6.07, 6.45) is -4.57. The second-order valence-corrected chi connectivity index (χ2v) is 3.67. The fourth-order valence-electron chi connectivity index (χ4n) is 1.41. The summed E-state index contributed by atoms with van der Waals surface area (Å²) in [7, 11) is 1.21. The number of hydrogen-bond donors (Lipinski definition) is 2. The minimum Gasteiger partial charge on any atom is -0.496 e. The quantitative estimate of drug-likeness (QED) is 0.866. The molecule has 0 heterocycles. The molecule has 1 rings (SSSR count). The molecule has 0 aliphatic carbocycles. The number of benzene rings is 1. The molecule has 3 N–H and O–H groups in total. The lowest BCUT2D eigenvalue weighted by molar-refractivity contribution is -0.139. The van der Waals surface area contributed by atoms with Gasteiger partial charge in [0, 0.05) is 6.42 Å². The molecule has 4 nitrogen and oxygen atoms in total. The van der Waals surface area contributed by atoms with Gasteiger partial charge in [-0.25, -0.2) is 0 Å². The average molecular weight is 263 g/mol. The summed E-state index contributed by atoms with van der Waals surface area (Å²) in [5, 5.41) is 8.64. The van der Waals surface area contributed by atoms with E-state index in [9.17, 15) is 18.0 Å². The van der Waals surface area contributed by atoms with E-state index in [1.54, 1.807) is 0 Å². The van der Waals surface area contributed by atoms with E-state index in [1.807, 2.05) is 0 Å². The van der Waals surface area contributed by atoms with Gasteiger partial charge in [0.2, 0.25) is 0 Å². The van der Waals surface area contributed by atoms with Crippen molar-refractivity contribution >= 4 is 5.97 Å². The van der Waals surface area contributed by atoms with E-state index < -0.39 is 23.8 Å². The molecule has 0 aromatic heterocycles. The summed E-state index contributed by atoms with van der Waals surface area (Å²) in [6, 6.07) is 1.68. The fraction of sp³-hybridized carbons (Fsp3) is 0.364. The number of ether oxygens (including phenoxy) is 1. The number of carbonyl (C=O) groups is 1. The Morgan fingerprint density at radius 3 is 2.56 bits per heavy atom. The van der Waals surface area contributed by atoms with Gasteiger partial charge in [0.1, 0.15) is 11.8 Å². The van der Waals surface area contributed by atoms with Crippen molar-refractivity contribution in [3.8, 4) is 5.75 Å². The Morgan fingerprint density at radius 1 is 1.50 bits per heavy atom. The van der Waals surface area contributed by atoms with Crippen LogP contribution in [0.5, 0.6) is 5.75 Å². The molecule has 100 valence electrons. The monoisotopic (exact) mass is 263 g/mol. The Morgan fingerprint density at radius 2 is 2.11 bits per heavy atom. The second-order valence-electron chi connectivity index (χ2n) is 3.67. The van der Waals surface area contributed by atoms with Crippen LogP contribution < -0.4 is 10.5 Å². The number of halogens is 3. The van der Waals surface area contributed by atoms with Crippen LogP contribution in [0, 0.1) is 0 Å². The van der Waals surface area contributed by atoms with Gasteiger partial charge in [-0.05, 0) is 17.7 Å². The van der Waals surface area contributed by atoms with Gasteiger partial charge in [-0.3, -0.25) is 4.79 Å². The van der Waals surface area contributed by atoms with E-state index in [1.165, 1.54) is 13.2 Å². The molecule has 1 aromatic rings. The number of methoxy groups -OCH3 is 1. The van der Waals surface area contributed by atoms with Gasteiger partial charge in [0.15, 0.2) is 0 Å². The maximum absolute atomic E-state index is 12.5. The molecule has 0 bridgehead atoms. The first-order valence-corrected chi connectivity index (χ1v) is 4.98. The first-order valence-electron chi connectivity index (χ1n) is 4.98. The van der Waals surface area contributed by atoms with Crippen LogP contribution in [0.4, 0.5) is 13.2 Å². The summed E-state index contributed by atoms with van der Waals surface area (Å²) >= 11 is 0. The van der Waals surface area contributed by atoms with Crippen LogP contribution in [-0.4, -0.2) is 24.2 Å². The van der Waals surface area contributed by atoms with Crippen LogP contribution in [0.25, 0.3) is 0 Å². The molecule has 1 aromatic carbocycles. The Bertz CT molecular complexity index is 446. The summed E-state index contributed by atoms with van der Waals surface area (Å²) in [6.45, 7) is 0. The summed E-state index contributed by atoms with van der Waals surface area (Å²) < 4.78 is 42.2. The minimum atomic E-state index is -4.47. The highest BCUT2D eigenvalue weighted by Gasteiger charge is 2.31. The molecule has 0 aliphatic rings. The number of carboxylic acid groups (broad SMARTS) is 1. The Hall–Kier alpha value is -1.76. The second kappa shape index (κ2) is 5.26. The number of nitrogens with two attached hydrogens (primary N) is 1. The maximum atomic E-state index is 12.5. The van der Waals surface area contributed by atoms with Crippen LogP contribution in [0.3, 0.4) is 0 Å². The molecule has 0 aliphatic heterocycles. The topological polar surface area (TPSA) is 72.5 Å². The first-order chi connectivity index (χ1) is 8.25. The molecular weight excluding hydrogens is 251 g/mol. The van der Waals surface area contributed by atoms with Crippen molar-refractivity contribution < 1.29 is 27.8 Å². The molecule has 0 spiro atoms. The average Bonchev–Trinajstić information content (AvgIpc) is 2.27. The van der Waals surface area contributed by atoms with Crippen molar-refractivity contribution in [2.24, 2.45) is 5.73 Å². The van der Waals surface area contributed by atoms with Gasteiger partial charge in [-0.1, -0.05) is 6.07 Å². The van der Waals surface area contributed by atoms with Crippen molar-refractivity contribution in [2.75, 3.05) is 7.11 Å². The third-order valence-corrected chi connectivity index (χ3v) is 2.37. The molecule has 18 heavy (non-hydrogen) atoms. The van der Waals surface area contributed by atoms with Gasteiger partial charge in [0.25, 0.3) is 0 Å². The number of carboxylic acids is 1. The number of hydrogen-bond acceptors (Lipinski definition) is 3. The molecule has 0 radical (unpaired) electrons. The summed E-state index contributed by atoms with van der Waals surface area (Å²) in [4.78, 5) is 10.6. The Labute approximate surface area is 101 Å². The molecule has 0 saturated heterocycles. The van der Waals surface area contributed by atoms with E-state index >= 15 is 0 Å². The smallest absolute Gasteiger partial charge is 0.416 e. The maximum Gasteiger partial charge on any atom is 0.416 e. The lowest BCUT2D eigenvalue weighted by Gasteiger charge is -2.14. The zero-order valence-corrected chi connectivity index (χ0v) is 9.49. The molecule has 1 unspecified atom stereocenters. The van der Waals surface area contributed by atoms with Crippen LogP contribution >= 0.6 is 0 Å². The lowest BCUT2D eigenvalue weighted by Crippen LogP contribution is -2.32. The van der Waals surface area contributed by atoms with Crippen molar-refractivity contribution in [1.82, 2.24) is 0 Å². The normalized spacial score (nSPS) is 13.2. The van der Waals surface area contributed by atoms with Crippen LogP contribution in [-0.2, 0) is 17.4 Å². The fourth-order valence-corrected chi connectivity index (χ4v) is 1.41. The van der Waals surface area contributed by atoms with E-state index in [0.29, 0.717) is 5.56 Å². The Balaban J connectivity index is 3.04. The highest BCUT2D eigenvalue weighted by molar-refractivity contribution is 5.73. The van der Waals surface area contributed by atoms with Crippen LogP contribution in [0.2, 0.25) is 0 Å². The predicted molar refractivity (Wildman–Crippen MR) is 57.3 cm³/mol. The third kappa shape index (κ3) is 3.36. The predicted octanol–water partition coefficient (Wildman–Crippen LogP) is 1.67. The van der Waals surface area contributed by atoms with E-state index in [4.69, 9.17) is 15.6 Å². The molecule has 0 fully saturated rings. The number of rotatable bonds is 4. The van der Waals surface area contributed by atoms with Crippen molar-refractivity contribution in [3.63, 3.8) is 0 Å².